The Kier molecular flexibility index (Phi) is 9.06. The van der Waals surface area contributed by atoms with E-state index in [2.05, 4.69) is 272 Å². The van der Waals surface area contributed by atoms with Crippen molar-refractivity contribution in [2.75, 3.05) is 4.90 Å². The molecular weight excluding hydrogens is 847 g/mol. The number of rotatable bonds is 8. The summed E-state index contributed by atoms with van der Waals surface area (Å²) >= 11 is 0. The lowest BCUT2D eigenvalue weighted by molar-refractivity contribution is 0.670. The molecule has 14 rings (SSSR count). The first-order valence-electron chi connectivity index (χ1n) is 24.2. The third-order valence-electron chi connectivity index (χ3n) is 15.3. The fraction of sp³-hybridized carbons (Fsp3) is 0.0294. The molecular formula is C68H45NO. The SMILES string of the molecule is c1ccc(C2(c3ccc(N(c4ccc(C5(c6ccccc6)c6ccccc6-c6ccccc65)cc4)c4cccc(-c5cccc6c5oc5ccccc56)c4)cc3)c3ccccc3-c3ccccc32)cc1. The molecule has 70 heavy (non-hydrogen) atoms. The number of nitrogens with zero attached hydrogens (tertiary/aromatic N) is 1. The number of hydrogen-bond acceptors (Lipinski definition) is 2. The summed E-state index contributed by atoms with van der Waals surface area (Å²) in [5.74, 6) is 0. The van der Waals surface area contributed by atoms with Gasteiger partial charge in [-0.3, -0.25) is 0 Å². The Bertz CT molecular complexity index is 3670. The quantitative estimate of drug-likeness (QED) is 0.151. The maximum Gasteiger partial charge on any atom is 0.143 e. The molecule has 0 N–H and O–H groups in total. The van der Waals surface area contributed by atoms with Crippen molar-refractivity contribution in [2.24, 2.45) is 0 Å². The van der Waals surface area contributed by atoms with Crippen LogP contribution in [-0.4, -0.2) is 0 Å². The van der Waals surface area contributed by atoms with Crippen LogP contribution in [0.1, 0.15) is 44.5 Å². The van der Waals surface area contributed by atoms with E-state index in [1.54, 1.807) is 0 Å². The van der Waals surface area contributed by atoms with Crippen molar-refractivity contribution >= 4 is 39.0 Å². The van der Waals surface area contributed by atoms with Gasteiger partial charge in [-0.2, -0.15) is 0 Å². The van der Waals surface area contributed by atoms with Gasteiger partial charge >= 0.3 is 0 Å². The average molecular weight is 892 g/mol. The molecule has 2 nitrogen and oxygen atoms in total. The van der Waals surface area contributed by atoms with Crippen LogP contribution in [-0.2, 0) is 10.8 Å². The summed E-state index contributed by atoms with van der Waals surface area (Å²) in [6.45, 7) is 0. The molecule has 1 heterocycles. The van der Waals surface area contributed by atoms with E-state index in [1.807, 2.05) is 6.07 Å². The molecule has 0 amide bonds. The van der Waals surface area contributed by atoms with Gasteiger partial charge in [-0.1, -0.05) is 231 Å². The lowest BCUT2D eigenvalue weighted by Crippen LogP contribution is -2.28. The van der Waals surface area contributed by atoms with E-state index in [0.717, 1.165) is 50.1 Å². The zero-order chi connectivity index (χ0) is 46.2. The number of fused-ring (bicyclic) bond motifs is 9. The normalized spacial score (nSPS) is 13.7. The van der Waals surface area contributed by atoms with Crippen molar-refractivity contribution < 1.29 is 4.42 Å². The van der Waals surface area contributed by atoms with Crippen molar-refractivity contribution in [2.45, 2.75) is 10.8 Å². The molecule has 328 valence electrons. The van der Waals surface area contributed by atoms with Gasteiger partial charge in [0.15, 0.2) is 0 Å². The van der Waals surface area contributed by atoms with Crippen LogP contribution in [0.15, 0.2) is 277 Å². The maximum absolute atomic E-state index is 6.61. The van der Waals surface area contributed by atoms with Gasteiger partial charge in [0.2, 0.25) is 0 Å². The number of hydrogen-bond donors (Lipinski definition) is 0. The molecule has 0 fully saturated rings. The van der Waals surface area contributed by atoms with E-state index in [4.69, 9.17) is 4.42 Å². The van der Waals surface area contributed by atoms with E-state index in [9.17, 15) is 0 Å². The second-order valence-corrected chi connectivity index (χ2v) is 18.7. The number of anilines is 3. The Morgan fingerprint density at radius 1 is 0.271 bits per heavy atom. The first-order valence-corrected chi connectivity index (χ1v) is 24.2. The average Bonchev–Trinajstić information content (AvgIpc) is 4.08. The summed E-state index contributed by atoms with van der Waals surface area (Å²) in [4.78, 5) is 2.41. The van der Waals surface area contributed by atoms with Crippen LogP contribution in [0.2, 0.25) is 0 Å². The van der Waals surface area contributed by atoms with Gasteiger partial charge in [0.25, 0.3) is 0 Å². The fourth-order valence-corrected chi connectivity index (χ4v) is 12.4. The molecule has 2 aliphatic rings. The number of benzene rings is 11. The van der Waals surface area contributed by atoms with E-state index < -0.39 is 10.8 Å². The molecule has 11 aromatic carbocycles. The fourth-order valence-electron chi connectivity index (χ4n) is 12.4. The minimum atomic E-state index is -0.496. The molecule has 0 bridgehead atoms. The van der Waals surface area contributed by atoms with E-state index in [1.165, 1.54) is 66.8 Å². The standard InChI is InChI=1S/C68H45NO/c1-3-20-47(21-4-1)67(61-32-12-7-25-55(61)56-26-8-13-33-62(56)67)49-37-41-51(42-38-49)69(53-24-17-19-46(45-53)54-30-18-31-60-59-29-11-16-36-65(59)70-66(54)60)52-43-39-50(40-44-52)68(48-22-5-2-6-23-48)63-34-14-9-27-57(63)58-28-10-15-35-64(58)68/h1-45H. The van der Waals surface area contributed by atoms with E-state index in [0.29, 0.717) is 0 Å². The second-order valence-electron chi connectivity index (χ2n) is 18.7. The molecule has 12 aromatic rings. The van der Waals surface area contributed by atoms with Crippen LogP contribution in [0.4, 0.5) is 17.1 Å². The van der Waals surface area contributed by atoms with Crippen molar-refractivity contribution in [1.82, 2.24) is 0 Å². The lowest BCUT2D eigenvalue weighted by Gasteiger charge is -2.35. The van der Waals surface area contributed by atoms with Crippen molar-refractivity contribution in [3.05, 3.63) is 317 Å². The zero-order valence-corrected chi connectivity index (χ0v) is 38.3. The highest BCUT2D eigenvalue weighted by Gasteiger charge is 2.47. The summed E-state index contributed by atoms with van der Waals surface area (Å²) in [6, 6.07) is 100. The van der Waals surface area contributed by atoms with Crippen LogP contribution >= 0.6 is 0 Å². The first-order chi connectivity index (χ1) is 34.7. The minimum Gasteiger partial charge on any atom is -0.455 e. The van der Waals surface area contributed by atoms with Crippen molar-refractivity contribution in [1.29, 1.82) is 0 Å². The predicted octanol–water partition coefficient (Wildman–Crippen LogP) is 17.4. The van der Waals surface area contributed by atoms with Crippen LogP contribution < -0.4 is 4.90 Å². The van der Waals surface area contributed by atoms with Crippen LogP contribution in [0, 0.1) is 0 Å². The Balaban J connectivity index is 0.960. The van der Waals surface area contributed by atoms with Gasteiger partial charge in [0, 0.05) is 33.4 Å². The maximum atomic E-state index is 6.61. The van der Waals surface area contributed by atoms with Crippen LogP contribution in [0.5, 0.6) is 0 Å². The Morgan fingerprint density at radius 2 is 0.657 bits per heavy atom. The van der Waals surface area contributed by atoms with Gasteiger partial charge < -0.3 is 9.32 Å². The molecule has 0 saturated heterocycles. The number of para-hydroxylation sites is 2. The molecule has 0 saturated carbocycles. The summed E-state index contributed by atoms with van der Waals surface area (Å²) in [5.41, 5.74) is 21.4. The van der Waals surface area contributed by atoms with E-state index in [-0.39, 0.29) is 0 Å². The predicted molar refractivity (Wildman–Crippen MR) is 288 cm³/mol. The largest absolute Gasteiger partial charge is 0.455 e. The van der Waals surface area contributed by atoms with Crippen molar-refractivity contribution in [3.8, 4) is 33.4 Å². The topological polar surface area (TPSA) is 16.4 Å². The van der Waals surface area contributed by atoms with E-state index >= 15 is 0 Å². The summed E-state index contributed by atoms with van der Waals surface area (Å²) < 4.78 is 6.61. The van der Waals surface area contributed by atoms with Gasteiger partial charge in [0.05, 0.1) is 10.8 Å². The lowest BCUT2D eigenvalue weighted by atomic mass is 9.67. The molecule has 2 aliphatic carbocycles. The molecule has 0 aliphatic heterocycles. The monoisotopic (exact) mass is 891 g/mol. The van der Waals surface area contributed by atoms with Gasteiger partial charge in [-0.15, -0.1) is 0 Å². The van der Waals surface area contributed by atoms with Gasteiger partial charge in [-0.25, -0.2) is 0 Å². The second kappa shape index (κ2) is 15.8. The number of furan rings is 1. The first kappa shape index (κ1) is 40.1. The third kappa shape index (κ3) is 5.74. The minimum absolute atomic E-state index is 0.496. The zero-order valence-electron chi connectivity index (χ0n) is 38.3. The Labute approximate surface area is 408 Å². The van der Waals surface area contributed by atoms with Gasteiger partial charge in [-0.05, 0) is 115 Å². The van der Waals surface area contributed by atoms with Crippen LogP contribution in [0.3, 0.4) is 0 Å². The third-order valence-corrected chi connectivity index (χ3v) is 15.3. The summed E-state index contributed by atoms with van der Waals surface area (Å²) in [5, 5.41) is 2.24. The molecule has 2 heteroatoms. The highest BCUT2D eigenvalue weighted by atomic mass is 16.3. The molecule has 0 radical (unpaired) electrons. The molecule has 1 aromatic heterocycles. The van der Waals surface area contributed by atoms with Crippen LogP contribution in [0.25, 0.3) is 55.3 Å². The Hall–Kier alpha value is -8.98. The smallest absolute Gasteiger partial charge is 0.143 e. The molecule has 0 spiro atoms. The summed E-state index contributed by atoms with van der Waals surface area (Å²) in [7, 11) is 0. The highest BCUT2D eigenvalue weighted by molar-refractivity contribution is 6.09. The highest BCUT2D eigenvalue weighted by Crippen LogP contribution is 2.58. The van der Waals surface area contributed by atoms with Gasteiger partial charge in [0.1, 0.15) is 11.2 Å². The summed E-state index contributed by atoms with van der Waals surface area (Å²) in [6.07, 6.45) is 0. The Morgan fingerprint density at radius 3 is 1.16 bits per heavy atom. The molecule has 0 atom stereocenters. The molecule has 0 unspecified atom stereocenters. The van der Waals surface area contributed by atoms with Crippen molar-refractivity contribution in [3.63, 3.8) is 0 Å².